The normalized spacial score (nSPS) is 12.2. The van der Waals surface area contributed by atoms with Gasteiger partial charge in [-0.3, -0.25) is 4.79 Å². The number of nitrogens with zero attached hydrogens (tertiary/aromatic N) is 1. The minimum atomic E-state index is -3.82. The topological polar surface area (TPSA) is 70.2 Å². The number of carbonyl (C=O) groups is 1. The monoisotopic (exact) mass is 320 g/mol. The van der Waals surface area contributed by atoms with E-state index in [2.05, 4.69) is 4.98 Å². The Morgan fingerprint density at radius 2 is 1.75 bits per heavy atom. The van der Waals surface area contributed by atoms with Crippen molar-refractivity contribution in [1.29, 1.82) is 0 Å². The van der Waals surface area contributed by atoms with Crippen LogP contribution in [0.1, 0.15) is 38.2 Å². The summed E-state index contributed by atoms with van der Waals surface area (Å²) in [7, 11) is 1.44. The van der Waals surface area contributed by atoms with Gasteiger partial charge in [-0.1, -0.05) is 27.7 Å². The summed E-state index contributed by atoms with van der Waals surface area (Å²) < 4.78 is 22.4. The van der Waals surface area contributed by atoms with E-state index >= 15 is 0 Å². The Labute approximate surface area is 124 Å². The van der Waals surface area contributed by atoms with Crippen molar-refractivity contribution in [2.75, 3.05) is 13.1 Å². The molecule has 0 aromatic carbocycles. The second kappa shape index (κ2) is 6.63. The highest BCUT2D eigenvalue weighted by molar-refractivity contribution is 8.13. The molecule has 1 aromatic heterocycles. The third-order valence-electron chi connectivity index (χ3n) is 2.63. The minimum Gasteiger partial charge on any atom is -0.356 e. The Morgan fingerprint density at radius 3 is 2.10 bits per heavy atom. The first-order valence-corrected chi connectivity index (χ1v) is 8.84. The number of nitrogens with one attached hydrogen (secondary N) is 1. The molecule has 20 heavy (non-hydrogen) atoms. The number of hydrogen-bond acceptors (Lipinski definition) is 3. The molecule has 0 saturated heterocycles. The van der Waals surface area contributed by atoms with Crippen LogP contribution in [0.3, 0.4) is 0 Å². The summed E-state index contributed by atoms with van der Waals surface area (Å²) in [5, 5.41) is 0. The minimum absolute atomic E-state index is 0.0865. The van der Waals surface area contributed by atoms with E-state index in [4.69, 9.17) is 10.7 Å². The van der Waals surface area contributed by atoms with E-state index in [-0.39, 0.29) is 16.5 Å². The molecule has 5 nitrogen and oxygen atoms in total. The van der Waals surface area contributed by atoms with Crippen LogP contribution >= 0.6 is 10.7 Å². The third kappa shape index (κ3) is 4.83. The molecule has 1 rings (SSSR count). The molecule has 0 fully saturated rings. The van der Waals surface area contributed by atoms with Gasteiger partial charge in [0.15, 0.2) is 0 Å². The molecule has 0 spiro atoms. The fourth-order valence-corrected chi connectivity index (χ4v) is 2.66. The van der Waals surface area contributed by atoms with E-state index in [0.717, 1.165) is 0 Å². The number of H-pyrrole nitrogens is 1. The fraction of sp³-hybridized carbons (Fsp3) is 0.615. The van der Waals surface area contributed by atoms with Crippen LogP contribution in [0, 0.1) is 11.8 Å². The summed E-state index contributed by atoms with van der Waals surface area (Å²) in [4.78, 5) is 16.7. The second-order valence-electron chi connectivity index (χ2n) is 5.68. The lowest BCUT2D eigenvalue weighted by molar-refractivity contribution is 0.0710. The molecule has 0 saturated carbocycles. The highest BCUT2D eigenvalue weighted by atomic mass is 35.7. The molecule has 1 aromatic rings. The van der Waals surface area contributed by atoms with Gasteiger partial charge >= 0.3 is 0 Å². The van der Waals surface area contributed by atoms with Crippen LogP contribution in [0.25, 0.3) is 0 Å². The first-order valence-electron chi connectivity index (χ1n) is 6.53. The number of rotatable bonds is 6. The van der Waals surface area contributed by atoms with Gasteiger partial charge in [0.1, 0.15) is 10.6 Å². The quantitative estimate of drug-likeness (QED) is 0.819. The lowest BCUT2D eigenvalue weighted by Crippen LogP contribution is -2.37. The van der Waals surface area contributed by atoms with E-state index in [1.54, 1.807) is 4.90 Å². The van der Waals surface area contributed by atoms with Crippen molar-refractivity contribution >= 4 is 25.6 Å². The Balaban J connectivity index is 2.97. The summed E-state index contributed by atoms with van der Waals surface area (Å²) in [6.07, 6.45) is 1.23. The average molecular weight is 321 g/mol. The van der Waals surface area contributed by atoms with Gasteiger partial charge in [-0.25, -0.2) is 8.42 Å². The lowest BCUT2D eigenvalue weighted by atomic mass is 10.1. The zero-order valence-corrected chi connectivity index (χ0v) is 13.8. The molecule has 0 aliphatic heterocycles. The number of halogens is 1. The van der Waals surface area contributed by atoms with Crippen LogP contribution in [-0.2, 0) is 9.05 Å². The number of aromatic amines is 1. The molecule has 0 bridgehead atoms. The molecule has 1 N–H and O–H groups in total. The molecular weight excluding hydrogens is 300 g/mol. The van der Waals surface area contributed by atoms with Crippen LogP contribution in [-0.4, -0.2) is 37.3 Å². The van der Waals surface area contributed by atoms with Crippen molar-refractivity contribution in [3.8, 4) is 0 Å². The van der Waals surface area contributed by atoms with Gasteiger partial charge in [-0.15, -0.1) is 0 Å². The van der Waals surface area contributed by atoms with Crippen LogP contribution in [0.5, 0.6) is 0 Å². The van der Waals surface area contributed by atoms with Crippen molar-refractivity contribution in [3.63, 3.8) is 0 Å². The molecule has 0 atom stereocenters. The highest BCUT2D eigenvalue weighted by Crippen LogP contribution is 2.17. The van der Waals surface area contributed by atoms with E-state index in [9.17, 15) is 13.2 Å². The maximum atomic E-state index is 12.4. The third-order valence-corrected chi connectivity index (χ3v) is 3.96. The maximum Gasteiger partial charge on any atom is 0.270 e. The summed E-state index contributed by atoms with van der Waals surface area (Å²) in [6.45, 7) is 9.37. The molecule has 1 amide bonds. The standard InChI is InChI=1S/C13H21ClN2O3S/c1-9(2)7-16(8-10(3)4)13(17)12-5-11(6-15-12)20(14,18)19/h5-6,9-10,15H,7-8H2,1-4H3. The van der Waals surface area contributed by atoms with E-state index in [1.165, 1.54) is 12.3 Å². The molecule has 0 radical (unpaired) electrons. The predicted octanol–water partition coefficient (Wildman–Crippen LogP) is 2.70. The molecule has 7 heteroatoms. The van der Waals surface area contributed by atoms with Crippen molar-refractivity contribution in [3.05, 3.63) is 18.0 Å². The summed E-state index contributed by atoms with van der Waals surface area (Å²) >= 11 is 0. The van der Waals surface area contributed by atoms with Gasteiger partial charge in [0.05, 0.1) is 0 Å². The highest BCUT2D eigenvalue weighted by Gasteiger charge is 2.21. The first-order chi connectivity index (χ1) is 9.11. The Bertz CT molecular complexity index is 554. The van der Waals surface area contributed by atoms with Gasteiger partial charge in [-0.2, -0.15) is 0 Å². The van der Waals surface area contributed by atoms with Crippen molar-refractivity contribution in [1.82, 2.24) is 9.88 Å². The molecule has 114 valence electrons. The van der Waals surface area contributed by atoms with Crippen LogP contribution in [0.4, 0.5) is 0 Å². The van der Waals surface area contributed by atoms with Gasteiger partial charge < -0.3 is 9.88 Å². The van der Waals surface area contributed by atoms with E-state index < -0.39 is 9.05 Å². The molecular formula is C13H21ClN2O3S. The number of aromatic nitrogens is 1. The first kappa shape index (κ1) is 17.0. The van der Waals surface area contributed by atoms with Crippen LogP contribution in [0.15, 0.2) is 17.2 Å². The summed E-state index contributed by atoms with van der Waals surface area (Å²) in [5.41, 5.74) is 0.241. The zero-order chi connectivity index (χ0) is 15.5. The van der Waals surface area contributed by atoms with Crippen molar-refractivity contribution in [2.45, 2.75) is 32.6 Å². The van der Waals surface area contributed by atoms with Gasteiger partial charge in [0, 0.05) is 30.0 Å². The molecule has 0 aliphatic carbocycles. The summed E-state index contributed by atoms with van der Waals surface area (Å²) in [6, 6.07) is 1.28. The lowest BCUT2D eigenvalue weighted by Gasteiger charge is -2.25. The van der Waals surface area contributed by atoms with Crippen LogP contribution < -0.4 is 0 Å². The smallest absolute Gasteiger partial charge is 0.270 e. The van der Waals surface area contributed by atoms with E-state index in [1.807, 2.05) is 27.7 Å². The van der Waals surface area contributed by atoms with Gasteiger partial charge in [-0.05, 0) is 17.9 Å². The number of hydrogen-bond donors (Lipinski definition) is 1. The Kier molecular flexibility index (Phi) is 5.65. The Hall–Kier alpha value is -1.01. The average Bonchev–Trinajstić information content (AvgIpc) is 2.74. The maximum absolute atomic E-state index is 12.4. The molecule has 0 unspecified atom stereocenters. The molecule has 1 heterocycles. The van der Waals surface area contributed by atoms with Crippen molar-refractivity contribution in [2.24, 2.45) is 11.8 Å². The van der Waals surface area contributed by atoms with Crippen molar-refractivity contribution < 1.29 is 13.2 Å². The second-order valence-corrected chi connectivity index (χ2v) is 8.25. The molecule has 0 aliphatic rings. The number of carbonyl (C=O) groups excluding carboxylic acids is 1. The van der Waals surface area contributed by atoms with Gasteiger partial charge in [0.25, 0.3) is 15.0 Å². The fourth-order valence-electron chi connectivity index (χ4n) is 1.93. The van der Waals surface area contributed by atoms with Crippen LogP contribution in [0.2, 0.25) is 0 Å². The zero-order valence-electron chi connectivity index (χ0n) is 12.2. The SMILES string of the molecule is CC(C)CN(CC(C)C)C(=O)c1cc(S(=O)(=O)Cl)c[nH]1. The Morgan fingerprint density at radius 1 is 1.25 bits per heavy atom. The predicted molar refractivity (Wildman–Crippen MR) is 79.4 cm³/mol. The largest absolute Gasteiger partial charge is 0.356 e. The summed E-state index contributed by atoms with van der Waals surface area (Å²) in [5.74, 6) is 0.465. The van der Waals surface area contributed by atoms with E-state index in [0.29, 0.717) is 24.9 Å². The van der Waals surface area contributed by atoms with Gasteiger partial charge in [0.2, 0.25) is 0 Å². The number of amides is 1.